The van der Waals surface area contributed by atoms with E-state index < -0.39 is 17.8 Å². The van der Waals surface area contributed by atoms with Crippen LogP contribution < -0.4 is 5.32 Å². The van der Waals surface area contributed by atoms with E-state index >= 15 is 0 Å². The van der Waals surface area contributed by atoms with Crippen LogP contribution in [0.4, 0.5) is 0 Å². The molecule has 0 atom stereocenters. The van der Waals surface area contributed by atoms with Crippen LogP contribution in [-0.4, -0.2) is 17.8 Å². The Kier molecular flexibility index (Phi) is 4.68. The first-order valence-corrected chi connectivity index (χ1v) is 7.06. The van der Waals surface area contributed by atoms with Crippen molar-refractivity contribution in [2.45, 2.75) is 18.4 Å². The van der Waals surface area contributed by atoms with Gasteiger partial charge in [0.15, 0.2) is 0 Å². The number of nitrogens with one attached hydrogen (secondary N) is 1. The van der Waals surface area contributed by atoms with Crippen LogP contribution in [-0.2, 0) is 31.1 Å². The highest BCUT2D eigenvalue weighted by Crippen LogP contribution is 2.11. The Balaban J connectivity index is 1.84. The molecule has 6 heteroatoms. The summed E-state index contributed by atoms with van der Waals surface area (Å²) in [5.74, 6) is -1.57. The van der Waals surface area contributed by atoms with E-state index in [9.17, 15) is 14.4 Å². The number of hydrogen-bond donors (Lipinski definition) is 1. The molecule has 5 nitrogen and oxygen atoms in total. The number of amides is 2. The van der Waals surface area contributed by atoms with E-state index in [0.717, 1.165) is 22.5 Å². The summed E-state index contributed by atoms with van der Waals surface area (Å²) in [5, 5.41) is 2.84. The average molecular weight is 338 g/mol. The summed E-state index contributed by atoms with van der Waals surface area (Å²) >= 11 is 3.35. The first-order valence-electron chi connectivity index (χ1n) is 5.94. The number of benzene rings is 1. The highest BCUT2D eigenvalue weighted by atomic mass is 79.9. The molecule has 0 aromatic heterocycles. The van der Waals surface area contributed by atoms with Gasteiger partial charge < -0.3 is 4.74 Å². The lowest BCUT2D eigenvalue weighted by Crippen LogP contribution is -2.23. The number of imide groups is 1. The van der Waals surface area contributed by atoms with E-state index in [2.05, 4.69) is 21.2 Å². The molecular formula is C14H12BrNO4. The predicted molar refractivity (Wildman–Crippen MR) is 74.7 cm³/mol. The zero-order valence-electron chi connectivity index (χ0n) is 10.5. The molecule has 1 aliphatic heterocycles. The molecule has 0 saturated carbocycles. The predicted octanol–water partition coefficient (Wildman–Crippen LogP) is 1.60. The molecule has 104 valence electrons. The van der Waals surface area contributed by atoms with Crippen molar-refractivity contribution in [3.05, 3.63) is 47.0 Å². The van der Waals surface area contributed by atoms with Gasteiger partial charge in [-0.3, -0.25) is 19.7 Å². The summed E-state index contributed by atoms with van der Waals surface area (Å²) in [5.41, 5.74) is 2.13. The van der Waals surface area contributed by atoms with Gasteiger partial charge in [-0.2, -0.15) is 0 Å². The fourth-order valence-electron chi connectivity index (χ4n) is 1.68. The molecule has 0 bridgehead atoms. The molecule has 0 radical (unpaired) electrons. The van der Waals surface area contributed by atoms with E-state index in [1.165, 1.54) is 0 Å². The average Bonchev–Trinajstić information content (AvgIpc) is 2.75. The Hall–Kier alpha value is -1.95. The number of halogens is 1. The maximum Gasteiger partial charge on any atom is 0.310 e. The lowest BCUT2D eigenvalue weighted by Gasteiger charge is -2.05. The van der Waals surface area contributed by atoms with Crippen LogP contribution in [0.15, 0.2) is 35.9 Å². The van der Waals surface area contributed by atoms with Gasteiger partial charge in [-0.1, -0.05) is 40.2 Å². The third-order valence-electron chi connectivity index (χ3n) is 2.75. The van der Waals surface area contributed by atoms with Crippen molar-refractivity contribution in [1.82, 2.24) is 5.32 Å². The van der Waals surface area contributed by atoms with E-state index in [1.807, 2.05) is 24.3 Å². The maximum absolute atomic E-state index is 11.6. The molecule has 2 rings (SSSR count). The van der Waals surface area contributed by atoms with Crippen LogP contribution in [0.5, 0.6) is 0 Å². The van der Waals surface area contributed by atoms with Crippen LogP contribution in [0, 0.1) is 0 Å². The van der Waals surface area contributed by atoms with Gasteiger partial charge in [0, 0.05) is 17.0 Å². The molecule has 0 aliphatic carbocycles. The second kappa shape index (κ2) is 6.47. The fourth-order valence-corrected chi connectivity index (χ4v) is 2.05. The third-order valence-corrected chi connectivity index (χ3v) is 3.39. The molecule has 1 heterocycles. The number of ether oxygens (including phenoxy) is 1. The van der Waals surface area contributed by atoms with E-state index in [4.69, 9.17) is 4.74 Å². The molecule has 20 heavy (non-hydrogen) atoms. The van der Waals surface area contributed by atoms with Gasteiger partial charge in [0.1, 0.15) is 6.61 Å². The minimum Gasteiger partial charge on any atom is -0.461 e. The lowest BCUT2D eigenvalue weighted by atomic mass is 10.1. The summed E-state index contributed by atoms with van der Waals surface area (Å²) in [4.78, 5) is 33.8. The fraction of sp³-hybridized carbons (Fsp3) is 0.214. The van der Waals surface area contributed by atoms with E-state index in [1.54, 1.807) is 0 Å². The molecular weight excluding hydrogens is 326 g/mol. The second-order valence-corrected chi connectivity index (χ2v) is 4.84. The van der Waals surface area contributed by atoms with Crippen molar-refractivity contribution >= 4 is 33.7 Å². The summed E-state index contributed by atoms with van der Waals surface area (Å²) in [6, 6.07) is 7.61. The number of esters is 1. The highest BCUT2D eigenvalue weighted by Gasteiger charge is 2.23. The molecule has 0 fully saturated rings. The largest absolute Gasteiger partial charge is 0.461 e. The normalized spacial score (nSPS) is 13.9. The van der Waals surface area contributed by atoms with E-state index in [-0.39, 0.29) is 18.6 Å². The van der Waals surface area contributed by atoms with Crippen LogP contribution in [0.2, 0.25) is 0 Å². The van der Waals surface area contributed by atoms with Crippen molar-refractivity contribution in [3.8, 4) is 0 Å². The number of hydrogen-bond acceptors (Lipinski definition) is 4. The zero-order chi connectivity index (χ0) is 14.5. The number of carbonyl (C=O) groups excluding carboxylic acids is 3. The van der Waals surface area contributed by atoms with Gasteiger partial charge in [-0.15, -0.1) is 0 Å². The topological polar surface area (TPSA) is 72.5 Å². The number of alkyl halides is 1. The van der Waals surface area contributed by atoms with Crippen molar-refractivity contribution in [1.29, 1.82) is 0 Å². The number of rotatable bonds is 5. The van der Waals surface area contributed by atoms with Crippen molar-refractivity contribution in [2.24, 2.45) is 0 Å². The van der Waals surface area contributed by atoms with Gasteiger partial charge in [-0.05, 0) is 11.1 Å². The number of carbonyl (C=O) groups is 3. The van der Waals surface area contributed by atoms with Crippen molar-refractivity contribution in [3.63, 3.8) is 0 Å². The first-order chi connectivity index (χ1) is 9.58. The van der Waals surface area contributed by atoms with Crippen LogP contribution in [0.3, 0.4) is 0 Å². The molecule has 1 N–H and O–H groups in total. The molecule has 0 spiro atoms. The quantitative estimate of drug-likeness (QED) is 0.503. The minimum atomic E-state index is -0.536. The SMILES string of the molecule is O=C1C=C(CC(=O)OCc2ccc(CBr)cc2)C(=O)N1. The smallest absolute Gasteiger partial charge is 0.310 e. The van der Waals surface area contributed by atoms with Crippen LogP contribution in [0.25, 0.3) is 0 Å². The van der Waals surface area contributed by atoms with Crippen molar-refractivity contribution in [2.75, 3.05) is 0 Å². The van der Waals surface area contributed by atoms with Crippen LogP contribution >= 0.6 is 15.9 Å². The summed E-state index contributed by atoms with van der Waals surface area (Å²) in [6.07, 6.45) is 0.922. The second-order valence-electron chi connectivity index (χ2n) is 4.28. The molecule has 1 aromatic rings. The lowest BCUT2D eigenvalue weighted by molar-refractivity contribution is -0.144. The summed E-state index contributed by atoms with van der Waals surface area (Å²) < 4.78 is 5.06. The Bertz CT molecular complexity index is 577. The zero-order valence-corrected chi connectivity index (χ0v) is 12.1. The standard InChI is InChI=1S/C14H12BrNO4/c15-7-9-1-3-10(4-2-9)8-20-13(18)6-11-5-12(17)16-14(11)19/h1-5H,6-8H2,(H,16,17,19). The molecule has 0 unspecified atom stereocenters. The molecule has 2 amide bonds. The maximum atomic E-state index is 11.6. The van der Waals surface area contributed by atoms with Crippen LogP contribution in [0.1, 0.15) is 17.5 Å². The highest BCUT2D eigenvalue weighted by molar-refractivity contribution is 9.08. The molecule has 0 saturated heterocycles. The summed E-state index contributed by atoms with van der Waals surface area (Å²) in [6.45, 7) is 0.143. The Morgan fingerprint density at radius 2 is 1.80 bits per heavy atom. The van der Waals surface area contributed by atoms with Gasteiger partial charge in [-0.25, -0.2) is 0 Å². The van der Waals surface area contributed by atoms with Gasteiger partial charge >= 0.3 is 5.97 Å². The van der Waals surface area contributed by atoms with E-state index in [0.29, 0.717) is 0 Å². The van der Waals surface area contributed by atoms with Gasteiger partial charge in [0.05, 0.1) is 6.42 Å². The Labute approximate surface area is 124 Å². The van der Waals surface area contributed by atoms with Gasteiger partial charge in [0.2, 0.25) is 0 Å². The monoisotopic (exact) mass is 337 g/mol. The molecule has 1 aliphatic rings. The summed E-state index contributed by atoms with van der Waals surface area (Å²) in [7, 11) is 0. The minimum absolute atomic E-state index is 0.134. The Morgan fingerprint density at radius 3 is 2.35 bits per heavy atom. The van der Waals surface area contributed by atoms with Crippen molar-refractivity contribution < 1.29 is 19.1 Å². The molecule has 1 aromatic carbocycles. The third kappa shape index (κ3) is 3.77. The first kappa shape index (κ1) is 14.5. The van der Waals surface area contributed by atoms with Gasteiger partial charge in [0.25, 0.3) is 11.8 Å². The Morgan fingerprint density at radius 1 is 1.15 bits per heavy atom.